The number of aliphatic carboxylic acids is 1. The first-order chi connectivity index (χ1) is 23.8. The van der Waals surface area contributed by atoms with E-state index >= 15 is 0 Å². The van der Waals surface area contributed by atoms with Crippen LogP contribution in [0, 0.1) is 0 Å². The molecule has 0 rings (SSSR count). The maximum atomic E-state index is 12.1. The minimum atomic E-state index is -1.16. The molecule has 8 nitrogen and oxygen atoms in total. The molecule has 0 saturated carbocycles. The predicted octanol–water partition coefficient (Wildman–Crippen LogP) is 9.52. The summed E-state index contributed by atoms with van der Waals surface area (Å²) in [6, 6.07) is -1.08. The summed E-state index contributed by atoms with van der Waals surface area (Å²) in [7, 11) is 0. The van der Waals surface area contributed by atoms with Crippen LogP contribution in [0.25, 0.3) is 0 Å². The Morgan fingerprint density at radius 3 is 1.63 bits per heavy atom. The molecule has 0 heterocycles. The average molecular weight is 683 g/mol. The van der Waals surface area contributed by atoms with Crippen LogP contribution in [0.2, 0.25) is 0 Å². The van der Waals surface area contributed by atoms with Crippen molar-refractivity contribution >= 4 is 23.8 Å². The first-order valence-corrected chi connectivity index (χ1v) is 18.7. The van der Waals surface area contributed by atoms with Gasteiger partial charge in [-0.05, 0) is 90.0 Å². The average Bonchev–Trinajstić information content (AvgIpc) is 3.06. The SMILES string of the molecule is CCC=CCC=CCC=CCCCCCCCC(=O)OC(C)C=CCC=CCC=CCCCCCCCC(=O)NC(CCC(N)=O)C(=O)O. The summed E-state index contributed by atoms with van der Waals surface area (Å²) < 4.78 is 5.50. The Hall–Kier alpha value is -3.68. The number of allylic oxidation sites excluding steroid dienone is 11. The van der Waals surface area contributed by atoms with Crippen LogP contribution in [0.3, 0.4) is 0 Å². The molecule has 0 radical (unpaired) electrons. The summed E-state index contributed by atoms with van der Waals surface area (Å²) in [4.78, 5) is 46.1. The third-order valence-corrected chi connectivity index (χ3v) is 7.72. The molecule has 2 unspecified atom stereocenters. The number of carbonyl (C=O) groups is 4. The van der Waals surface area contributed by atoms with Gasteiger partial charge in [0.1, 0.15) is 12.1 Å². The molecule has 0 aromatic heterocycles. The minimum absolute atomic E-state index is 0.00553. The molecule has 0 aromatic rings. The van der Waals surface area contributed by atoms with Crippen molar-refractivity contribution in [3.63, 3.8) is 0 Å². The highest BCUT2D eigenvalue weighted by Gasteiger charge is 2.20. The molecule has 0 aliphatic heterocycles. The molecule has 8 heteroatoms. The minimum Gasteiger partial charge on any atom is -0.480 e. The van der Waals surface area contributed by atoms with E-state index in [1.54, 1.807) is 0 Å². The van der Waals surface area contributed by atoms with Crippen LogP contribution in [-0.4, -0.2) is 41.0 Å². The van der Waals surface area contributed by atoms with Crippen molar-refractivity contribution in [2.45, 2.75) is 161 Å². The van der Waals surface area contributed by atoms with Gasteiger partial charge in [0.25, 0.3) is 0 Å². The van der Waals surface area contributed by atoms with E-state index in [9.17, 15) is 19.2 Å². The van der Waals surface area contributed by atoms with Crippen molar-refractivity contribution < 1.29 is 29.0 Å². The van der Waals surface area contributed by atoms with Gasteiger partial charge in [-0.15, -0.1) is 0 Å². The van der Waals surface area contributed by atoms with Crippen molar-refractivity contribution in [2.75, 3.05) is 0 Å². The maximum Gasteiger partial charge on any atom is 0.326 e. The summed E-state index contributed by atoms with van der Waals surface area (Å²) in [5.74, 6) is -2.17. The topological polar surface area (TPSA) is 136 Å². The second kappa shape index (κ2) is 34.2. The number of rotatable bonds is 32. The molecule has 0 aliphatic carbocycles. The van der Waals surface area contributed by atoms with Crippen LogP contribution < -0.4 is 11.1 Å². The van der Waals surface area contributed by atoms with Crippen LogP contribution in [-0.2, 0) is 23.9 Å². The van der Waals surface area contributed by atoms with E-state index in [1.807, 2.05) is 19.1 Å². The Morgan fingerprint density at radius 1 is 0.633 bits per heavy atom. The maximum absolute atomic E-state index is 12.1. The number of hydrogen-bond acceptors (Lipinski definition) is 5. The third kappa shape index (κ3) is 34.0. The van der Waals surface area contributed by atoms with E-state index in [1.165, 1.54) is 12.8 Å². The largest absolute Gasteiger partial charge is 0.480 e. The molecule has 0 saturated heterocycles. The smallest absolute Gasteiger partial charge is 0.326 e. The van der Waals surface area contributed by atoms with E-state index < -0.39 is 17.9 Å². The molecule has 276 valence electrons. The highest BCUT2D eigenvalue weighted by Crippen LogP contribution is 2.11. The number of ether oxygens (including phenoxy) is 1. The normalized spacial score (nSPS) is 13.4. The highest BCUT2D eigenvalue weighted by molar-refractivity contribution is 5.84. The standard InChI is InChI=1S/C41H66N2O6/c1-3-4-5-6-7-8-9-10-11-15-18-21-24-27-30-33-40(46)49-36(2)31-28-25-22-19-16-13-12-14-17-20-23-26-29-32-39(45)43-37(41(47)48)34-35-38(42)44/h4-5,7-8,10-13,19,22,28,31,36-37H,3,6,9,14-18,20-21,23-27,29-30,32-35H2,1-2H3,(H2,42,44)(H,43,45)(H,47,48). The van der Waals surface area contributed by atoms with E-state index in [2.05, 4.69) is 73.0 Å². The number of nitrogens with one attached hydrogen (secondary N) is 1. The summed E-state index contributed by atoms with van der Waals surface area (Å²) >= 11 is 0. The van der Waals surface area contributed by atoms with Gasteiger partial charge in [-0.2, -0.15) is 0 Å². The van der Waals surface area contributed by atoms with Crippen LogP contribution in [0.1, 0.15) is 149 Å². The first-order valence-electron chi connectivity index (χ1n) is 18.7. The first kappa shape index (κ1) is 45.3. The predicted molar refractivity (Wildman–Crippen MR) is 202 cm³/mol. The fourth-order valence-electron chi connectivity index (χ4n) is 4.92. The number of carbonyl (C=O) groups excluding carboxylic acids is 3. The molecule has 0 aliphatic rings. The molecular weight excluding hydrogens is 616 g/mol. The monoisotopic (exact) mass is 682 g/mol. The summed E-state index contributed by atoms with van der Waals surface area (Å²) in [6.45, 7) is 4.05. The molecule has 0 aromatic carbocycles. The molecule has 0 spiro atoms. The summed E-state index contributed by atoms with van der Waals surface area (Å²) in [5.41, 5.74) is 5.05. The summed E-state index contributed by atoms with van der Waals surface area (Å²) in [5, 5.41) is 11.6. The fraction of sp³-hybridized carbons (Fsp3) is 0.610. The Morgan fingerprint density at radius 2 is 1.10 bits per heavy atom. The number of primary amides is 1. The lowest BCUT2D eigenvalue weighted by Gasteiger charge is -2.13. The van der Waals surface area contributed by atoms with Crippen LogP contribution in [0.4, 0.5) is 0 Å². The number of nitrogens with two attached hydrogens (primary N) is 1. The Kier molecular flexibility index (Phi) is 31.6. The van der Waals surface area contributed by atoms with Gasteiger partial charge < -0.3 is 20.9 Å². The van der Waals surface area contributed by atoms with E-state index in [-0.39, 0.29) is 37.2 Å². The second-order valence-corrected chi connectivity index (χ2v) is 12.4. The van der Waals surface area contributed by atoms with Crippen molar-refractivity contribution in [1.82, 2.24) is 5.32 Å². The van der Waals surface area contributed by atoms with Crippen molar-refractivity contribution in [3.8, 4) is 0 Å². The van der Waals surface area contributed by atoms with E-state index in [4.69, 9.17) is 15.6 Å². The van der Waals surface area contributed by atoms with Crippen molar-refractivity contribution in [3.05, 3.63) is 72.9 Å². The number of hydrogen-bond donors (Lipinski definition) is 3. The zero-order valence-corrected chi connectivity index (χ0v) is 30.5. The lowest BCUT2D eigenvalue weighted by atomic mass is 10.1. The Bertz CT molecular complexity index is 1060. The van der Waals surface area contributed by atoms with Gasteiger partial charge in [0.15, 0.2) is 0 Å². The van der Waals surface area contributed by atoms with Crippen LogP contribution >= 0.6 is 0 Å². The van der Waals surface area contributed by atoms with Gasteiger partial charge in [0.2, 0.25) is 11.8 Å². The van der Waals surface area contributed by atoms with Crippen LogP contribution in [0.15, 0.2) is 72.9 Å². The van der Waals surface area contributed by atoms with Gasteiger partial charge in [0, 0.05) is 19.3 Å². The van der Waals surface area contributed by atoms with Gasteiger partial charge in [-0.1, -0.05) is 112 Å². The quantitative estimate of drug-likeness (QED) is 0.0367. The van der Waals surface area contributed by atoms with Crippen molar-refractivity contribution in [2.24, 2.45) is 5.73 Å². The Balaban J connectivity index is 3.69. The van der Waals surface area contributed by atoms with Gasteiger partial charge >= 0.3 is 11.9 Å². The van der Waals surface area contributed by atoms with E-state index in [0.717, 1.165) is 89.9 Å². The lowest BCUT2D eigenvalue weighted by molar-refractivity contribution is -0.146. The molecule has 0 fully saturated rings. The summed E-state index contributed by atoms with van der Waals surface area (Å²) in [6.07, 6.45) is 43.7. The Labute approximate surface area is 297 Å². The molecule has 49 heavy (non-hydrogen) atoms. The van der Waals surface area contributed by atoms with Crippen molar-refractivity contribution in [1.29, 1.82) is 0 Å². The zero-order chi connectivity index (χ0) is 36.2. The third-order valence-electron chi connectivity index (χ3n) is 7.72. The highest BCUT2D eigenvalue weighted by atomic mass is 16.5. The lowest BCUT2D eigenvalue weighted by Crippen LogP contribution is -2.41. The fourth-order valence-corrected chi connectivity index (χ4v) is 4.92. The number of esters is 1. The van der Waals surface area contributed by atoms with Gasteiger partial charge in [0.05, 0.1) is 0 Å². The van der Waals surface area contributed by atoms with E-state index in [0.29, 0.717) is 12.8 Å². The molecule has 4 N–H and O–H groups in total. The number of amides is 2. The molecule has 0 bridgehead atoms. The molecule has 2 atom stereocenters. The van der Waals surface area contributed by atoms with Gasteiger partial charge in [-0.3, -0.25) is 14.4 Å². The van der Waals surface area contributed by atoms with Gasteiger partial charge in [-0.25, -0.2) is 4.79 Å². The second-order valence-electron chi connectivity index (χ2n) is 12.4. The molecule has 2 amide bonds. The number of carboxylic acids is 1. The number of unbranched alkanes of at least 4 members (excludes halogenated alkanes) is 10. The molecular formula is C41H66N2O6. The number of carboxylic acid groups (broad SMARTS) is 1. The van der Waals surface area contributed by atoms with Crippen LogP contribution in [0.5, 0.6) is 0 Å². The zero-order valence-electron chi connectivity index (χ0n) is 30.5.